The van der Waals surface area contributed by atoms with Crippen LogP contribution in [-0.2, 0) is 4.79 Å². The van der Waals surface area contributed by atoms with Gasteiger partial charge < -0.3 is 20.6 Å². The van der Waals surface area contributed by atoms with Gasteiger partial charge in [0.1, 0.15) is 17.7 Å². The Labute approximate surface area is 213 Å². The van der Waals surface area contributed by atoms with Crippen LogP contribution in [0.5, 0.6) is 0 Å². The van der Waals surface area contributed by atoms with Gasteiger partial charge in [-0.3, -0.25) is 4.79 Å². The van der Waals surface area contributed by atoms with Crippen molar-refractivity contribution in [1.82, 2.24) is 4.90 Å². The minimum atomic E-state index is -1.43. The van der Waals surface area contributed by atoms with Crippen LogP contribution in [0.1, 0.15) is 48.5 Å². The second-order valence-corrected chi connectivity index (χ2v) is 9.24. The fourth-order valence-corrected chi connectivity index (χ4v) is 4.35. The minimum Gasteiger partial charge on any atom is -0.478 e. The Morgan fingerprint density at radius 2 is 1.49 bits per heavy atom. The van der Waals surface area contributed by atoms with E-state index >= 15 is 0 Å². The molecule has 9 heteroatoms. The fraction of sp³-hybridized carbons (Fsp3) is 0.250. The lowest BCUT2D eigenvalue weighted by molar-refractivity contribution is -0.119. The molecule has 192 valence electrons. The first-order valence-corrected chi connectivity index (χ1v) is 11.9. The average Bonchev–Trinajstić information content (AvgIpc) is 3.35. The maximum Gasteiger partial charge on any atom is 0.335 e. The Kier molecular flexibility index (Phi) is 7.52. The summed E-state index contributed by atoms with van der Waals surface area (Å²) in [6.45, 7) is 4.62. The van der Waals surface area contributed by atoms with E-state index < -0.39 is 29.2 Å². The topological polar surface area (TPSA) is 98.7 Å². The van der Waals surface area contributed by atoms with Crippen molar-refractivity contribution in [1.29, 1.82) is 0 Å². The molecule has 3 amide bonds. The number of rotatable bonds is 6. The van der Waals surface area contributed by atoms with E-state index in [-0.39, 0.29) is 23.1 Å². The number of halogens is 2. The van der Waals surface area contributed by atoms with E-state index in [2.05, 4.69) is 24.5 Å². The number of carboxylic acids is 1. The van der Waals surface area contributed by atoms with Gasteiger partial charge in [0.05, 0.1) is 11.1 Å². The predicted molar refractivity (Wildman–Crippen MR) is 137 cm³/mol. The molecule has 1 heterocycles. The molecule has 3 N–H and O–H groups in total. The van der Waals surface area contributed by atoms with Crippen LogP contribution < -0.4 is 10.6 Å². The number of benzene rings is 3. The summed E-state index contributed by atoms with van der Waals surface area (Å²) in [4.78, 5) is 38.3. The quantitative estimate of drug-likeness (QED) is 0.376. The molecule has 1 fully saturated rings. The van der Waals surface area contributed by atoms with Gasteiger partial charge in [-0.25, -0.2) is 18.4 Å². The SMILES string of the molecule is CC(C)c1ccc(NC(=O)N2CCC[C@@H]2C(=O)Nc2ccc(-c3c(F)cc(C(=O)O)cc3F)cc2)cc1. The summed E-state index contributed by atoms with van der Waals surface area (Å²) in [5, 5.41) is 14.6. The summed E-state index contributed by atoms with van der Waals surface area (Å²) in [6.07, 6.45) is 1.19. The Balaban J connectivity index is 1.42. The number of nitrogens with zero attached hydrogens (tertiary/aromatic N) is 1. The van der Waals surface area contributed by atoms with Crippen molar-refractivity contribution in [2.45, 2.75) is 38.6 Å². The van der Waals surface area contributed by atoms with Crippen molar-refractivity contribution in [2.75, 3.05) is 17.2 Å². The van der Waals surface area contributed by atoms with Crippen molar-refractivity contribution in [3.05, 3.63) is 83.4 Å². The molecule has 0 spiro atoms. The van der Waals surface area contributed by atoms with Crippen molar-refractivity contribution in [2.24, 2.45) is 0 Å². The molecule has 4 rings (SSSR count). The van der Waals surface area contributed by atoms with E-state index in [0.29, 0.717) is 36.7 Å². The number of aromatic carboxylic acids is 1. The third kappa shape index (κ3) is 5.77. The molecule has 0 aromatic heterocycles. The van der Waals surface area contributed by atoms with Gasteiger partial charge in [0.2, 0.25) is 5.91 Å². The van der Waals surface area contributed by atoms with Crippen LogP contribution in [0, 0.1) is 11.6 Å². The highest BCUT2D eigenvalue weighted by Crippen LogP contribution is 2.29. The van der Waals surface area contributed by atoms with Gasteiger partial charge in [0.15, 0.2) is 0 Å². The van der Waals surface area contributed by atoms with Gasteiger partial charge in [-0.1, -0.05) is 38.1 Å². The Morgan fingerprint density at radius 1 is 0.919 bits per heavy atom. The van der Waals surface area contributed by atoms with Crippen molar-refractivity contribution >= 4 is 29.3 Å². The van der Waals surface area contributed by atoms with E-state index in [1.807, 2.05) is 24.3 Å². The monoisotopic (exact) mass is 507 g/mol. The summed E-state index contributed by atoms with van der Waals surface area (Å²) in [5.74, 6) is -3.41. The number of carbonyl (C=O) groups excluding carboxylic acids is 2. The highest BCUT2D eigenvalue weighted by atomic mass is 19.1. The van der Waals surface area contributed by atoms with Crippen LogP contribution >= 0.6 is 0 Å². The molecule has 7 nitrogen and oxygen atoms in total. The lowest BCUT2D eigenvalue weighted by Crippen LogP contribution is -2.45. The third-order valence-electron chi connectivity index (χ3n) is 6.38. The Bertz CT molecular complexity index is 1300. The van der Waals surface area contributed by atoms with Crippen LogP contribution in [0.25, 0.3) is 11.1 Å². The Hall–Kier alpha value is -4.27. The van der Waals surface area contributed by atoms with Crippen LogP contribution in [0.4, 0.5) is 25.0 Å². The first-order valence-electron chi connectivity index (χ1n) is 11.9. The lowest BCUT2D eigenvalue weighted by Gasteiger charge is -2.24. The van der Waals surface area contributed by atoms with Gasteiger partial charge >= 0.3 is 12.0 Å². The number of amides is 3. The molecule has 3 aromatic carbocycles. The summed E-state index contributed by atoms with van der Waals surface area (Å²) < 4.78 is 28.8. The Morgan fingerprint density at radius 3 is 2.05 bits per heavy atom. The number of likely N-dealkylation sites (tertiary alicyclic amines) is 1. The highest BCUT2D eigenvalue weighted by Gasteiger charge is 2.34. The van der Waals surface area contributed by atoms with E-state index in [4.69, 9.17) is 5.11 Å². The average molecular weight is 508 g/mol. The number of urea groups is 1. The number of hydrogen-bond donors (Lipinski definition) is 3. The first-order chi connectivity index (χ1) is 17.6. The summed E-state index contributed by atoms with van der Waals surface area (Å²) >= 11 is 0. The molecule has 1 aliphatic heterocycles. The fourth-order valence-electron chi connectivity index (χ4n) is 4.35. The molecule has 1 atom stereocenters. The van der Waals surface area contributed by atoms with Gasteiger partial charge in [0.25, 0.3) is 0 Å². The minimum absolute atomic E-state index is 0.190. The predicted octanol–water partition coefficient (Wildman–Crippen LogP) is 6.09. The molecular formula is C28H27F2N3O4. The second kappa shape index (κ2) is 10.8. The number of carboxylic acid groups (broad SMARTS) is 1. The van der Waals surface area contributed by atoms with Gasteiger partial charge in [-0.2, -0.15) is 0 Å². The summed E-state index contributed by atoms with van der Waals surface area (Å²) in [6, 6.07) is 13.9. The molecule has 0 saturated carbocycles. The molecule has 1 aliphatic rings. The van der Waals surface area contributed by atoms with Crippen LogP contribution in [0.2, 0.25) is 0 Å². The lowest BCUT2D eigenvalue weighted by atomic mass is 10.0. The largest absolute Gasteiger partial charge is 0.478 e. The zero-order valence-electron chi connectivity index (χ0n) is 20.4. The highest BCUT2D eigenvalue weighted by molar-refractivity contribution is 5.99. The maximum absolute atomic E-state index is 14.4. The first kappa shape index (κ1) is 25.8. The zero-order valence-corrected chi connectivity index (χ0v) is 20.4. The van der Waals surface area contributed by atoms with Crippen LogP contribution in [0.15, 0.2) is 60.7 Å². The van der Waals surface area contributed by atoms with Crippen molar-refractivity contribution in [3.8, 4) is 11.1 Å². The smallest absolute Gasteiger partial charge is 0.335 e. The molecule has 1 saturated heterocycles. The maximum atomic E-state index is 14.4. The molecule has 37 heavy (non-hydrogen) atoms. The molecule has 0 aliphatic carbocycles. The molecule has 0 radical (unpaired) electrons. The van der Waals surface area contributed by atoms with E-state index in [0.717, 1.165) is 17.7 Å². The standard InChI is InChI=1S/C28H27F2N3O4/c1-16(2)17-5-9-21(10-6-17)32-28(37)33-13-3-4-24(33)26(34)31-20-11-7-18(8-12-20)25-22(29)14-19(27(35)36)15-23(25)30/h5-12,14-16,24H,3-4,13H2,1-2H3,(H,31,34)(H,32,37)(H,35,36)/t24-/m1/s1. The molecule has 3 aromatic rings. The summed E-state index contributed by atoms with van der Waals surface area (Å²) in [5.41, 5.74) is 1.55. The number of nitrogens with one attached hydrogen (secondary N) is 2. The molecule has 0 bridgehead atoms. The van der Waals surface area contributed by atoms with Gasteiger partial charge in [-0.15, -0.1) is 0 Å². The molecular weight excluding hydrogens is 480 g/mol. The van der Waals surface area contributed by atoms with E-state index in [1.165, 1.54) is 29.2 Å². The number of hydrogen-bond acceptors (Lipinski definition) is 3. The third-order valence-corrected chi connectivity index (χ3v) is 6.38. The van der Waals surface area contributed by atoms with Crippen molar-refractivity contribution in [3.63, 3.8) is 0 Å². The molecule has 0 unspecified atom stereocenters. The second-order valence-electron chi connectivity index (χ2n) is 9.24. The zero-order chi connectivity index (χ0) is 26.7. The number of carbonyl (C=O) groups is 3. The van der Waals surface area contributed by atoms with Gasteiger partial charge in [-0.05, 0) is 66.3 Å². The number of anilines is 2. The summed E-state index contributed by atoms with van der Waals surface area (Å²) in [7, 11) is 0. The van der Waals surface area contributed by atoms with Crippen LogP contribution in [-0.4, -0.2) is 40.5 Å². The van der Waals surface area contributed by atoms with Crippen molar-refractivity contribution < 1.29 is 28.3 Å². The van der Waals surface area contributed by atoms with E-state index in [9.17, 15) is 23.2 Å². The van der Waals surface area contributed by atoms with E-state index in [1.54, 1.807) is 0 Å². The van der Waals surface area contributed by atoms with Crippen LogP contribution in [0.3, 0.4) is 0 Å². The normalized spacial score (nSPS) is 15.1. The van der Waals surface area contributed by atoms with Gasteiger partial charge in [0, 0.05) is 17.9 Å².